The van der Waals surface area contributed by atoms with Gasteiger partial charge in [0.15, 0.2) is 0 Å². The Balaban J connectivity index is 1.47. The second-order valence-corrected chi connectivity index (χ2v) is 8.93. The van der Waals surface area contributed by atoms with E-state index in [2.05, 4.69) is 15.6 Å². The number of aromatic nitrogens is 3. The summed E-state index contributed by atoms with van der Waals surface area (Å²) < 4.78 is 8.22. The van der Waals surface area contributed by atoms with Gasteiger partial charge in [-0.05, 0) is 42.1 Å². The van der Waals surface area contributed by atoms with Crippen LogP contribution in [0.3, 0.4) is 0 Å². The SMILES string of the molecule is NCCCn1cc(-c2nc3c(ccc4ccccc43)[nH]c2=O)c2ccc(OCc3ccccc3)cc21. The summed E-state index contributed by atoms with van der Waals surface area (Å²) in [5, 5.41) is 3.05. The molecule has 0 amide bonds. The second-order valence-electron chi connectivity index (χ2n) is 8.93. The first-order valence-electron chi connectivity index (χ1n) is 12.1. The number of nitrogens with zero attached hydrogens (tertiary/aromatic N) is 2. The number of hydrogen-bond donors (Lipinski definition) is 2. The molecule has 6 rings (SSSR count). The minimum Gasteiger partial charge on any atom is -0.489 e. The number of H-pyrrole nitrogens is 1. The van der Waals surface area contributed by atoms with Crippen molar-refractivity contribution in [3.05, 3.63) is 107 Å². The summed E-state index contributed by atoms with van der Waals surface area (Å²) in [6.07, 6.45) is 2.83. The van der Waals surface area contributed by atoms with Crippen molar-refractivity contribution < 1.29 is 4.74 Å². The molecule has 0 aliphatic rings. The van der Waals surface area contributed by atoms with Gasteiger partial charge in [0, 0.05) is 35.1 Å². The van der Waals surface area contributed by atoms with Gasteiger partial charge in [0.05, 0.1) is 16.6 Å². The van der Waals surface area contributed by atoms with E-state index in [4.69, 9.17) is 15.5 Å². The lowest BCUT2D eigenvalue weighted by atomic mass is 10.1. The van der Waals surface area contributed by atoms with Gasteiger partial charge in [-0.1, -0.05) is 60.7 Å². The second kappa shape index (κ2) is 9.32. The minimum atomic E-state index is -0.208. The molecule has 0 aliphatic heterocycles. The highest BCUT2D eigenvalue weighted by atomic mass is 16.5. The van der Waals surface area contributed by atoms with E-state index >= 15 is 0 Å². The van der Waals surface area contributed by atoms with Gasteiger partial charge in [0.2, 0.25) is 0 Å². The molecule has 0 fully saturated rings. The highest BCUT2D eigenvalue weighted by Crippen LogP contribution is 2.32. The molecule has 6 heteroatoms. The number of benzene rings is 4. The fourth-order valence-electron chi connectivity index (χ4n) is 4.74. The molecule has 6 aromatic rings. The summed E-state index contributed by atoms with van der Waals surface area (Å²) in [5.41, 5.74) is 10.4. The molecule has 2 heterocycles. The fourth-order valence-corrected chi connectivity index (χ4v) is 4.74. The van der Waals surface area contributed by atoms with Crippen LogP contribution in [0.25, 0.3) is 44.0 Å². The summed E-state index contributed by atoms with van der Waals surface area (Å²) in [6, 6.07) is 28.1. The first-order chi connectivity index (χ1) is 17.7. The lowest BCUT2D eigenvalue weighted by Crippen LogP contribution is -2.11. The minimum absolute atomic E-state index is 0.208. The van der Waals surface area contributed by atoms with Crippen LogP contribution in [-0.4, -0.2) is 21.1 Å². The zero-order chi connectivity index (χ0) is 24.5. The maximum Gasteiger partial charge on any atom is 0.275 e. The Hall–Kier alpha value is -4.42. The molecule has 2 aromatic heterocycles. The molecule has 178 valence electrons. The predicted octanol–water partition coefficient (Wildman–Crippen LogP) is 5.63. The molecule has 0 radical (unpaired) electrons. The number of ether oxygens (including phenoxy) is 1. The Morgan fingerprint density at radius 1 is 0.917 bits per heavy atom. The van der Waals surface area contributed by atoms with E-state index in [9.17, 15) is 4.79 Å². The first kappa shape index (κ1) is 22.1. The van der Waals surface area contributed by atoms with Crippen LogP contribution >= 0.6 is 0 Å². The molecular formula is C30H26N4O2. The smallest absolute Gasteiger partial charge is 0.275 e. The third-order valence-corrected chi connectivity index (χ3v) is 6.55. The third kappa shape index (κ3) is 4.01. The van der Waals surface area contributed by atoms with Gasteiger partial charge in [-0.15, -0.1) is 0 Å². The fraction of sp³-hybridized carbons (Fsp3) is 0.133. The van der Waals surface area contributed by atoms with E-state index in [0.717, 1.165) is 62.6 Å². The summed E-state index contributed by atoms with van der Waals surface area (Å²) in [4.78, 5) is 21.1. The summed E-state index contributed by atoms with van der Waals surface area (Å²) in [5.74, 6) is 0.774. The number of hydrogen-bond acceptors (Lipinski definition) is 4. The van der Waals surface area contributed by atoms with Crippen molar-refractivity contribution in [1.29, 1.82) is 0 Å². The van der Waals surface area contributed by atoms with Crippen molar-refractivity contribution >= 4 is 32.7 Å². The van der Waals surface area contributed by atoms with E-state index < -0.39 is 0 Å². The molecule has 6 nitrogen and oxygen atoms in total. The molecule has 36 heavy (non-hydrogen) atoms. The van der Waals surface area contributed by atoms with E-state index in [-0.39, 0.29) is 5.56 Å². The van der Waals surface area contributed by atoms with Gasteiger partial charge in [-0.2, -0.15) is 0 Å². The van der Waals surface area contributed by atoms with Crippen LogP contribution in [0.2, 0.25) is 0 Å². The Morgan fingerprint density at radius 3 is 2.61 bits per heavy atom. The van der Waals surface area contributed by atoms with Crippen LogP contribution in [0.15, 0.2) is 95.9 Å². The Labute approximate surface area is 208 Å². The largest absolute Gasteiger partial charge is 0.489 e. The molecule has 0 bridgehead atoms. The molecule has 0 atom stereocenters. The highest BCUT2D eigenvalue weighted by molar-refractivity contribution is 6.05. The molecule has 0 unspecified atom stereocenters. The normalized spacial score (nSPS) is 11.5. The van der Waals surface area contributed by atoms with E-state index in [1.165, 1.54) is 0 Å². The molecule has 0 saturated heterocycles. The maximum atomic E-state index is 13.2. The number of aryl methyl sites for hydroxylation is 1. The third-order valence-electron chi connectivity index (χ3n) is 6.55. The number of nitrogens with one attached hydrogen (secondary N) is 1. The lowest BCUT2D eigenvalue weighted by Gasteiger charge is -2.09. The number of fused-ring (bicyclic) bond motifs is 4. The van der Waals surface area contributed by atoms with Crippen molar-refractivity contribution in [3.63, 3.8) is 0 Å². The summed E-state index contributed by atoms with van der Waals surface area (Å²) >= 11 is 0. The topological polar surface area (TPSA) is 85.9 Å². The van der Waals surface area contributed by atoms with Crippen LogP contribution in [0.1, 0.15) is 12.0 Å². The molecule has 0 aliphatic carbocycles. The van der Waals surface area contributed by atoms with Crippen molar-refractivity contribution in [3.8, 4) is 17.0 Å². The van der Waals surface area contributed by atoms with E-state index in [1.807, 2.05) is 85.1 Å². The van der Waals surface area contributed by atoms with Crippen molar-refractivity contribution in [2.75, 3.05) is 6.54 Å². The molecule has 4 aromatic carbocycles. The summed E-state index contributed by atoms with van der Waals surface area (Å²) in [7, 11) is 0. The van der Waals surface area contributed by atoms with E-state index in [1.54, 1.807) is 0 Å². The van der Waals surface area contributed by atoms with Crippen LogP contribution < -0.4 is 16.0 Å². The van der Waals surface area contributed by atoms with Gasteiger partial charge in [0.1, 0.15) is 18.1 Å². The Morgan fingerprint density at radius 2 is 1.75 bits per heavy atom. The standard InChI is InChI=1S/C30H26N4O2/c31-15-6-16-34-18-25(24-13-12-22(17-27(24)34)36-19-20-7-2-1-3-8-20)29-30(35)32-26-14-11-21-9-4-5-10-23(21)28(26)33-29/h1-5,7-14,17-18H,6,15-16,19,31H2,(H,32,35). The maximum absolute atomic E-state index is 13.2. The zero-order valence-corrected chi connectivity index (χ0v) is 19.8. The van der Waals surface area contributed by atoms with E-state index in [0.29, 0.717) is 18.8 Å². The van der Waals surface area contributed by atoms with Gasteiger partial charge in [0.25, 0.3) is 5.56 Å². The Kier molecular flexibility index (Phi) is 5.71. The number of aromatic amines is 1. The number of rotatable bonds is 7. The van der Waals surface area contributed by atoms with Crippen molar-refractivity contribution in [2.24, 2.45) is 5.73 Å². The van der Waals surface area contributed by atoms with Gasteiger partial charge in [-0.25, -0.2) is 4.98 Å². The number of nitrogens with two attached hydrogens (primary N) is 1. The average molecular weight is 475 g/mol. The summed E-state index contributed by atoms with van der Waals surface area (Å²) in [6.45, 7) is 1.81. The van der Waals surface area contributed by atoms with Gasteiger partial charge < -0.3 is 20.0 Å². The molecule has 0 spiro atoms. The predicted molar refractivity (Wildman–Crippen MR) is 145 cm³/mol. The van der Waals surface area contributed by atoms with Gasteiger partial charge >= 0.3 is 0 Å². The lowest BCUT2D eigenvalue weighted by molar-refractivity contribution is 0.306. The monoisotopic (exact) mass is 474 g/mol. The first-order valence-corrected chi connectivity index (χ1v) is 12.1. The van der Waals surface area contributed by atoms with Crippen LogP contribution in [0.4, 0.5) is 0 Å². The molecule has 0 saturated carbocycles. The molecular weight excluding hydrogens is 448 g/mol. The van der Waals surface area contributed by atoms with Crippen molar-refractivity contribution in [2.45, 2.75) is 19.6 Å². The zero-order valence-electron chi connectivity index (χ0n) is 19.8. The van der Waals surface area contributed by atoms with Crippen LogP contribution in [0.5, 0.6) is 5.75 Å². The average Bonchev–Trinajstić information content (AvgIpc) is 3.28. The van der Waals surface area contributed by atoms with Crippen molar-refractivity contribution in [1.82, 2.24) is 14.5 Å². The van der Waals surface area contributed by atoms with Crippen LogP contribution in [-0.2, 0) is 13.2 Å². The van der Waals surface area contributed by atoms with Gasteiger partial charge in [-0.3, -0.25) is 4.79 Å². The molecule has 3 N–H and O–H groups in total. The highest BCUT2D eigenvalue weighted by Gasteiger charge is 2.17. The Bertz CT molecular complexity index is 1750. The van der Waals surface area contributed by atoms with Crippen LogP contribution in [0, 0.1) is 0 Å². The quantitative estimate of drug-likeness (QED) is 0.294.